The van der Waals surface area contributed by atoms with Crippen LogP contribution in [-0.2, 0) is 22.4 Å². The summed E-state index contributed by atoms with van der Waals surface area (Å²) in [7, 11) is 0. The number of piperidine rings is 1. The Balaban J connectivity index is 1.19. The molecule has 4 aliphatic rings. The van der Waals surface area contributed by atoms with Gasteiger partial charge in [0.25, 0.3) is 0 Å². The van der Waals surface area contributed by atoms with E-state index < -0.39 is 0 Å². The number of hydrogen-bond acceptors (Lipinski definition) is 6. The monoisotopic (exact) mass is 424 g/mol. The molecule has 8 heteroatoms. The van der Waals surface area contributed by atoms with Crippen molar-refractivity contribution in [2.24, 2.45) is 11.3 Å². The number of carbonyl (C=O) groups is 1. The predicted molar refractivity (Wildman–Crippen MR) is 117 cm³/mol. The van der Waals surface area contributed by atoms with Crippen LogP contribution in [0.1, 0.15) is 36.1 Å². The van der Waals surface area contributed by atoms with Crippen molar-refractivity contribution in [3.8, 4) is 0 Å². The molecule has 1 amide bonds. The SMILES string of the molecule is Cc1cnn2c(N3CC(C(=O)N4CCC5(CCOC5)CC4)C3)c3c(nc12)CCNCC3. The number of anilines is 1. The van der Waals surface area contributed by atoms with Gasteiger partial charge in [0.05, 0.1) is 24.4 Å². The molecule has 2 aromatic rings. The minimum absolute atomic E-state index is 0.0910. The maximum Gasteiger partial charge on any atom is 0.229 e. The first-order chi connectivity index (χ1) is 15.1. The number of likely N-dealkylation sites (tertiary alicyclic amines) is 1. The van der Waals surface area contributed by atoms with Crippen LogP contribution in [-0.4, -0.2) is 77.9 Å². The van der Waals surface area contributed by atoms with E-state index >= 15 is 0 Å². The highest BCUT2D eigenvalue weighted by atomic mass is 16.5. The number of nitrogens with one attached hydrogen (secondary N) is 1. The van der Waals surface area contributed by atoms with Gasteiger partial charge < -0.3 is 19.9 Å². The van der Waals surface area contributed by atoms with Gasteiger partial charge in [-0.1, -0.05) is 0 Å². The number of amides is 1. The van der Waals surface area contributed by atoms with Crippen molar-refractivity contribution in [3.05, 3.63) is 23.0 Å². The summed E-state index contributed by atoms with van der Waals surface area (Å²) in [6.07, 6.45) is 7.15. The summed E-state index contributed by atoms with van der Waals surface area (Å²) in [6.45, 7) is 9.10. The fourth-order valence-corrected chi connectivity index (χ4v) is 5.81. The number of nitrogens with zero attached hydrogens (tertiary/aromatic N) is 5. The van der Waals surface area contributed by atoms with Crippen LogP contribution >= 0.6 is 0 Å². The van der Waals surface area contributed by atoms with Crippen molar-refractivity contribution in [2.75, 3.05) is 57.4 Å². The zero-order valence-corrected chi connectivity index (χ0v) is 18.4. The van der Waals surface area contributed by atoms with Gasteiger partial charge in [0, 0.05) is 56.9 Å². The van der Waals surface area contributed by atoms with Crippen LogP contribution in [0.15, 0.2) is 6.20 Å². The highest BCUT2D eigenvalue weighted by Gasteiger charge is 2.43. The quantitative estimate of drug-likeness (QED) is 0.781. The van der Waals surface area contributed by atoms with Crippen molar-refractivity contribution in [3.63, 3.8) is 0 Å². The molecule has 4 aliphatic heterocycles. The van der Waals surface area contributed by atoms with E-state index in [0.29, 0.717) is 11.3 Å². The van der Waals surface area contributed by atoms with Gasteiger partial charge in [-0.3, -0.25) is 4.79 Å². The van der Waals surface area contributed by atoms with Crippen molar-refractivity contribution in [1.82, 2.24) is 24.8 Å². The zero-order valence-electron chi connectivity index (χ0n) is 18.4. The van der Waals surface area contributed by atoms with Crippen LogP contribution < -0.4 is 10.2 Å². The lowest BCUT2D eigenvalue weighted by Gasteiger charge is -2.45. The summed E-state index contributed by atoms with van der Waals surface area (Å²) in [6, 6.07) is 0. The lowest BCUT2D eigenvalue weighted by atomic mass is 9.77. The highest BCUT2D eigenvalue weighted by molar-refractivity contribution is 5.82. The minimum atomic E-state index is 0.0910. The molecular weight excluding hydrogens is 392 g/mol. The second-order valence-electron chi connectivity index (χ2n) is 9.90. The third-order valence-corrected chi connectivity index (χ3v) is 7.92. The van der Waals surface area contributed by atoms with Crippen molar-refractivity contribution < 1.29 is 9.53 Å². The number of hydrogen-bond donors (Lipinski definition) is 1. The van der Waals surface area contributed by atoms with Gasteiger partial charge in [-0.15, -0.1) is 0 Å². The van der Waals surface area contributed by atoms with Gasteiger partial charge in [-0.2, -0.15) is 9.61 Å². The number of aromatic nitrogens is 3. The largest absolute Gasteiger partial charge is 0.381 e. The topological polar surface area (TPSA) is 75.0 Å². The molecule has 0 saturated carbocycles. The first kappa shape index (κ1) is 19.5. The summed E-state index contributed by atoms with van der Waals surface area (Å²) in [5, 5.41) is 8.14. The van der Waals surface area contributed by atoms with Crippen LogP contribution in [0.5, 0.6) is 0 Å². The van der Waals surface area contributed by atoms with Gasteiger partial charge in [-0.25, -0.2) is 4.98 Å². The molecule has 0 radical (unpaired) electrons. The second kappa shape index (κ2) is 7.45. The highest BCUT2D eigenvalue weighted by Crippen LogP contribution is 2.40. The summed E-state index contributed by atoms with van der Waals surface area (Å²) in [4.78, 5) is 22.6. The summed E-state index contributed by atoms with van der Waals surface area (Å²) in [5.41, 5.74) is 4.88. The lowest BCUT2D eigenvalue weighted by Crippen LogP contribution is -2.57. The average molecular weight is 425 g/mol. The Morgan fingerprint density at radius 1 is 1.19 bits per heavy atom. The van der Waals surface area contributed by atoms with E-state index in [1.54, 1.807) is 0 Å². The number of aryl methyl sites for hydroxylation is 1. The van der Waals surface area contributed by atoms with Crippen molar-refractivity contribution in [1.29, 1.82) is 0 Å². The van der Waals surface area contributed by atoms with Crippen LogP contribution in [0.2, 0.25) is 0 Å². The Hall–Kier alpha value is -2.19. The van der Waals surface area contributed by atoms with Crippen LogP contribution in [0.25, 0.3) is 5.65 Å². The molecule has 3 fully saturated rings. The number of carbonyl (C=O) groups excluding carboxylic acids is 1. The Morgan fingerprint density at radius 2 is 2.00 bits per heavy atom. The van der Waals surface area contributed by atoms with Crippen molar-refractivity contribution >= 4 is 17.4 Å². The fourth-order valence-electron chi connectivity index (χ4n) is 5.81. The molecular formula is C23H32N6O2. The van der Waals surface area contributed by atoms with E-state index in [1.165, 1.54) is 11.3 Å². The standard InChI is InChI=1S/C23H32N6O2/c1-16-12-25-29-20(16)26-19-3-8-24-7-2-18(19)21(29)28-13-17(14-28)22(30)27-9-4-23(5-10-27)6-11-31-15-23/h12,17,24H,2-11,13-15H2,1H3. The van der Waals surface area contributed by atoms with Crippen LogP contribution in [0.3, 0.4) is 0 Å². The van der Waals surface area contributed by atoms with Crippen LogP contribution in [0, 0.1) is 18.3 Å². The number of ether oxygens (including phenoxy) is 1. The Morgan fingerprint density at radius 3 is 2.77 bits per heavy atom. The molecule has 1 N–H and O–H groups in total. The molecule has 2 aromatic heterocycles. The zero-order chi connectivity index (χ0) is 21.0. The van der Waals surface area contributed by atoms with Gasteiger partial charge in [0.2, 0.25) is 5.91 Å². The smallest absolute Gasteiger partial charge is 0.229 e. The Kier molecular flexibility index (Phi) is 4.68. The predicted octanol–water partition coefficient (Wildman–Crippen LogP) is 1.19. The molecule has 0 bridgehead atoms. The van der Waals surface area contributed by atoms with E-state index in [9.17, 15) is 4.79 Å². The Bertz CT molecular complexity index is 995. The molecule has 6 rings (SSSR count). The normalized spacial score (nSPS) is 23.8. The first-order valence-electron chi connectivity index (χ1n) is 11.8. The van der Waals surface area contributed by atoms with Gasteiger partial charge in [0.15, 0.2) is 5.65 Å². The van der Waals surface area contributed by atoms with E-state index in [4.69, 9.17) is 9.72 Å². The lowest BCUT2D eigenvalue weighted by molar-refractivity contribution is -0.138. The molecule has 1 spiro atoms. The summed E-state index contributed by atoms with van der Waals surface area (Å²) in [5.74, 6) is 1.58. The third kappa shape index (κ3) is 3.22. The minimum Gasteiger partial charge on any atom is -0.381 e. The Labute approximate surface area is 182 Å². The molecule has 8 nitrogen and oxygen atoms in total. The molecule has 0 aliphatic carbocycles. The number of fused-ring (bicyclic) bond motifs is 2. The maximum absolute atomic E-state index is 13.2. The van der Waals surface area contributed by atoms with E-state index in [-0.39, 0.29) is 5.92 Å². The molecule has 0 atom stereocenters. The molecule has 0 aromatic carbocycles. The van der Waals surface area contributed by atoms with E-state index in [2.05, 4.69) is 27.1 Å². The molecule has 31 heavy (non-hydrogen) atoms. The van der Waals surface area contributed by atoms with E-state index in [0.717, 1.165) is 102 Å². The first-order valence-corrected chi connectivity index (χ1v) is 11.8. The molecule has 0 unspecified atom stereocenters. The average Bonchev–Trinajstić information content (AvgIpc) is 3.26. The molecule has 3 saturated heterocycles. The van der Waals surface area contributed by atoms with Crippen LogP contribution in [0.4, 0.5) is 5.82 Å². The molecule has 6 heterocycles. The van der Waals surface area contributed by atoms with Gasteiger partial charge in [0.1, 0.15) is 5.82 Å². The fraction of sp³-hybridized carbons (Fsp3) is 0.696. The maximum atomic E-state index is 13.2. The van der Waals surface area contributed by atoms with Crippen molar-refractivity contribution in [2.45, 2.75) is 39.0 Å². The second-order valence-corrected chi connectivity index (χ2v) is 9.90. The summed E-state index contributed by atoms with van der Waals surface area (Å²) < 4.78 is 7.64. The van der Waals surface area contributed by atoms with E-state index in [1.807, 2.05) is 10.7 Å². The third-order valence-electron chi connectivity index (χ3n) is 7.92. The van der Waals surface area contributed by atoms with Gasteiger partial charge >= 0.3 is 0 Å². The number of rotatable bonds is 2. The van der Waals surface area contributed by atoms with Gasteiger partial charge in [-0.05, 0) is 44.6 Å². The molecule has 166 valence electrons. The summed E-state index contributed by atoms with van der Waals surface area (Å²) >= 11 is 0.